The first kappa shape index (κ1) is 15.6. The van der Waals surface area contributed by atoms with Crippen LogP contribution >= 0.6 is 11.6 Å². The molecule has 3 nitrogen and oxygen atoms in total. The summed E-state index contributed by atoms with van der Waals surface area (Å²) >= 11 is 5.86. The molecule has 0 spiro atoms. The summed E-state index contributed by atoms with van der Waals surface area (Å²) < 4.78 is 49.8. The summed E-state index contributed by atoms with van der Waals surface area (Å²) in [5.41, 5.74) is 0.186. The fraction of sp³-hybridized carbons (Fsp3) is 0.364. The molecule has 19 heavy (non-hydrogen) atoms. The Bertz CT molecular complexity index is 480. The lowest BCUT2D eigenvalue weighted by molar-refractivity contribution is -0.163. The quantitative estimate of drug-likeness (QED) is 0.866. The molecule has 0 aromatic heterocycles. The summed E-state index contributed by atoms with van der Waals surface area (Å²) in [4.78, 5) is 12.6. The molecular weight excluding hydrogens is 288 g/mol. The normalized spacial score (nSPS) is 11.6. The van der Waals surface area contributed by atoms with Crippen LogP contribution in [0.4, 0.5) is 28.9 Å². The van der Waals surface area contributed by atoms with Gasteiger partial charge < -0.3 is 10.2 Å². The highest BCUT2D eigenvalue weighted by atomic mass is 35.5. The first-order valence-corrected chi connectivity index (χ1v) is 5.49. The molecule has 0 atom stereocenters. The average molecular weight is 299 g/mol. The zero-order valence-electron chi connectivity index (χ0n) is 10.1. The van der Waals surface area contributed by atoms with Crippen LogP contribution in [0.1, 0.15) is 0 Å². The van der Waals surface area contributed by atoms with Gasteiger partial charge in [-0.05, 0) is 12.1 Å². The van der Waals surface area contributed by atoms with E-state index in [2.05, 4.69) is 0 Å². The minimum absolute atomic E-state index is 0.0668. The minimum atomic E-state index is -4.76. The molecule has 0 aliphatic carbocycles. The first-order chi connectivity index (χ1) is 8.67. The Kier molecular flexibility index (Phi) is 4.62. The van der Waals surface area contributed by atoms with E-state index in [1.54, 1.807) is 19.4 Å². The van der Waals surface area contributed by atoms with Gasteiger partial charge in [-0.15, -0.1) is 0 Å². The highest BCUT2D eigenvalue weighted by Gasteiger charge is 2.49. The predicted octanol–water partition coefficient (Wildman–Crippen LogP) is 3.24. The van der Waals surface area contributed by atoms with E-state index in [4.69, 9.17) is 11.6 Å². The smallest absolute Gasteiger partial charge is 0.375 e. The maximum Gasteiger partial charge on any atom is 0.383 e. The van der Waals surface area contributed by atoms with E-state index in [0.717, 1.165) is 0 Å². The van der Waals surface area contributed by atoms with E-state index in [1.807, 2.05) is 0 Å². The number of alkyl halides is 4. The first-order valence-electron chi connectivity index (χ1n) is 5.11. The second-order valence-corrected chi connectivity index (χ2v) is 4.32. The van der Waals surface area contributed by atoms with Gasteiger partial charge in [-0.2, -0.15) is 8.78 Å². The molecule has 0 unspecified atom stereocenters. The number of benzene rings is 1. The third-order valence-electron chi connectivity index (χ3n) is 2.26. The van der Waals surface area contributed by atoms with Crippen LogP contribution in [0, 0.1) is 0 Å². The molecule has 0 aliphatic rings. The molecule has 0 bridgehead atoms. The molecule has 1 aromatic carbocycles. The Balaban J connectivity index is 3.07. The number of nitrogens with one attached hydrogen (secondary N) is 1. The van der Waals surface area contributed by atoms with E-state index in [0.29, 0.717) is 0 Å². The highest BCUT2D eigenvalue weighted by molar-refractivity contribution is 6.34. The van der Waals surface area contributed by atoms with Crippen LogP contribution in [0.25, 0.3) is 0 Å². The number of hydrogen-bond donors (Lipinski definition) is 1. The summed E-state index contributed by atoms with van der Waals surface area (Å²) in [7, 11) is 3.14. The van der Waals surface area contributed by atoms with E-state index >= 15 is 0 Å². The second kappa shape index (κ2) is 5.64. The zero-order valence-corrected chi connectivity index (χ0v) is 10.8. The molecule has 1 rings (SSSR count). The van der Waals surface area contributed by atoms with Gasteiger partial charge in [-0.25, -0.2) is 8.78 Å². The van der Waals surface area contributed by atoms with Crippen LogP contribution < -0.4 is 10.2 Å². The molecule has 1 amide bonds. The fourth-order valence-electron chi connectivity index (χ4n) is 1.38. The molecule has 1 N–H and O–H groups in total. The number of amides is 1. The number of anilines is 2. The molecule has 106 valence electrons. The van der Waals surface area contributed by atoms with Gasteiger partial charge in [0.15, 0.2) is 0 Å². The Morgan fingerprint density at radius 3 is 2.42 bits per heavy atom. The van der Waals surface area contributed by atoms with Crippen molar-refractivity contribution in [3.05, 3.63) is 23.2 Å². The molecule has 8 heteroatoms. The average Bonchev–Trinajstić information content (AvgIpc) is 2.27. The predicted molar refractivity (Wildman–Crippen MR) is 65.4 cm³/mol. The van der Waals surface area contributed by atoms with Crippen LogP contribution in [0.15, 0.2) is 18.2 Å². The Morgan fingerprint density at radius 2 is 1.95 bits per heavy atom. The standard InChI is InChI=1S/C11H11ClF4N2O/c1-18(2)8-6(12)4-3-5-7(8)17-10(19)11(15,16)9(13)14/h3-5,9H,1-2H3,(H,17,19). The lowest BCUT2D eigenvalue weighted by Gasteiger charge is -2.21. The molecule has 0 saturated heterocycles. The maximum absolute atomic E-state index is 12.9. The highest BCUT2D eigenvalue weighted by Crippen LogP contribution is 2.34. The van der Waals surface area contributed by atoms with Crippen molar-refractivity contribution in [2.75, 3.05) is 24.3 Å². The van der Waals surface area contributed by atoms with Crippen molar-refractivity contribution in [3.63, 3.8) is 0 Å². The maximum atomic E-state index is 12.9. The van der Waals surface area contributed by atoms with Gasteiger partial charge >= 0.3 is 18.3 Å². The van der Waals surface area contributed by atoms with Gasteiger partial charge in [0.05, 0.1) is 16.4 Å². The minimum Gasteiger partial charge on any atom is -0.375 e. The van der Waals surface area contributed by atoms with Gasteiger partial charge in [-0.3, -0.25) is 4.79 Å². The van der Waals surface area contributed by atoms with Crippen LogP contribution in [-0.2, 0) is 4.79 Å². The molecule has 0 aliphatic heterocycles. The number of nitrogens with zero attached hydrogens (tertiary/aromatic N) is 1. The van der Waals surface area contributed by atoms with Crippen molar-refractivity contribution in [2.24, 2.45) is 0 Å². The molecule has 0 fully saturated rings. The van der Waals surface area contributed by atoms with Crippen molar-refractivity contribution in [3.8, 4) is 0 Å². The van der Waals surface area contributed by atoms with E-state index < -0.39 is 18.3 Å². The summed E-state index contributed by atoms with van der Waals surface area (Å²) in [6.07, 6.45) is -4.07. The van der Waals surface area contributed by atoms with Gasteiger partial charge in [0, 0.05) is 14.1 Å². The van der Waals surface area contributed by atoms with Gasteiger partial charge in [0.2, 0.25) is 0 Å². The van der Waals surface area contributed by atoms with Crippen molar-refractivity contribution in [1.29, 1.82) is 0 Å². The Morgan fingerprint density at radius 1 is 1.37 bits per heavy atom. The number of hydrogen-bond acceptors (Lipinski definition) is 2. The zero-order chi connectivity index (χ0) is 14.8. The van der Waals surface area contributed by atoms with Gasteiger partial charge in [0.1, 0.15) is 0 Å². The topological polar surface area (TPSA) is 32.3 Å². The van der Waals surface area contributed by atoms with Crippen molar-refractivity contribution >= 4 is 28.9 Å². The Labute approximate surface area is 112 Å². The summed E-state index contributed by atoms with van der Waals surface area (Å²) in [5.74, 6) is -6.83. The third-order valence-corrected chi connectivity index (χ3v) is 2.56. The molecule has 1 aromatic rings. The summed E-state index contributed by atoms with van der Waals surface area (Å²) in [6.45, 7) is 0. The van der Waals surface area contributed by atoms with E-state index in [-0.39, 0.29) is 16.4 Å². The summed E-state index contributed by atoms with van der Waals surface area (Å²) in [6, 6.07) is 4.18. The SMILES string of the molecule is CN(C)c1c(Cl)cccc1NC(=O)C(F)(F)C(F)F. The lowest BCUT2D eigenvalue weighted by Crippen LogP contribution is -2.41. The van der Waals surface area contributed by atoms with Crippen molar-refractivity contribution in [1.82, 2.24) is 0 Å². The lowest BCUT2D eigenvalue weighted by atomic mass is 10.2. The monoisotopic (exact) mass is 298 g/mol. The Hall–Kier alpha value is -1.50. The number of rotatable bonds is 4. The molecule has 0 heterocycles. The van der Waals surface area contributed by atoms with Crippen LogP contribution in [-0.4, -0.2) is 32.4 Å². The van der Waals surface area contributed by atoms with Gasteiger partial charge in [0.25, 0.3) is 0 Å². The number of carbonyl (C=O) groups excluding carboxylic acids is 1. The molecule has 0 radical (unpaired) electrons. The van der Waals surface area contributed by atoms with Crippen LogP contribution in [0.2, 0.25) is 5.02 Å². The molecule has 0 saturated carbocycles. The van der Waals surface area contributed by atoms with E-state index in [1.165, 1.54) is 23.1 Å². The number of carbonyl (C=O) groups is 1. The second-order valence-electron chi connectivity index (χ2n) is 3.91. The number of para-hydroxylation sites is 1. The largest absolute Gasteiger partial charge is 0.383 e. The van der Waals surface area contributed by atoms with Crippen LogP contribution in [0.5, 0.6) is 0 Å². The van der Waals surface area contributed by atoms with E-state index in [9.17, 15) is 22.4 Å². The fourth-order valence-corrected chi connectivity index (χ4v) is 1.72. The summed E-state index contributed by atoms with van der Waals surface area (Å²) in [5, 5.41) is 1.96. The molecular formula is C11H11ClF4N2O. The number of halogens is 5. The van der Waals surface area contributed by atoms with Crippen LogP contribution in [0.3, 0.4) is 0 Å². The third kappa shape index (κ3) is 3.28. The van der Waals surface area contributed by atoms with Crippen molar-refractivity contribution in [2.45, 2.75) is 12.3 Å². The van der Waals surface area contributed by atoms with Crippen molar-refractivity contribution < 1.29 is 22.4 Å². The van der Waals surface area contributed by atoms with Gasteiger partial charge in [-0.1, -0.05) is 17.7 Å².